The zero-order chi connectivity index (χ0) is 11.5. The minimum atomic E-state index is 0.245. The van der Waals surface area contributed by atoms with Gasteiger partial charge in [0, 0.05) is 11.6 Å². The van der Waals surface area contributed by atoms with Crippen LogP contribution in [0.4, 0.5) is 0 Å². The second kappa shape index (κ2) is 5.28. The van der Waals surface area contributed by atoms with Gasteiger partial charge < -0.3 is 10.6 Å². The fraction of sp³-hybridized carbons (Fsp3) is 1.00. The molecule has 0 saturated carbocycles. The molecule has 0 aromatic carbocycles. The van der Waals surface area contributed by atoms with Crippen molar-refractivity contribution >= 4 is 0 Å². The first-order valence-electron chi connectivity index (χ1n) is 6.09. The van der Waals surface area contributed by atoms with Crippen molar-refractivity contribution in [2.45, 2.75) is 44.7 Å². The zero-order valence-corrected chi connectivity index (χ0v) is 10.8. The van der Waals surface area contributed by atoms with E-state index in [-0.39, 0.29) is 5.54 Å². The summed E-state index contributed by atoms with van der Waals surface area (Å²) < 4.78 is 0. The first-order chi connectivity index (χ1) is 6.97. The summed E-state index contributed by atoms with van der Waals surface area (Å²) in [5.41, 5.74) is 5.91. The molecule has 0 aromatic rings. The molecule has 0 aromatic heterocycles. The maximum absolute atomic E-state index is 5.67. The third kappa shape index (κ3) is 3.44. The molecule has 0 spiro atoms. The Morgan fingerprint density at radius 1 is 1.33 bits per heavy atom. The van der Waals surface area contributed by atoms with E-state index in [1.165, 1.54) is 25.9 Å². The van der Waals surface area contributed by atoms with Crippen molar-refractivity contribution in [3.63, 3.8) is 0 Å². The lowest BCUT2D eigenvalue weighted by Crippen LogP contribution is -2.51. The average molecular weight is 213 g/mol. The van der Waals surface area contributed by atoms with Crippen LogP contribution >= 0.6 is 0 Å². The summed E-state index contributed by atoms with van der Waals surface area (Å²) in [5, 5.41) is 0. The van der Waals surface area contributed by atoms with Gasteiger partial charge in [0.05, 0.1) is 0 Å². The number of hydrogen-bond acceptors (Lipinski definition) is 3. The Bertz CT molecular complexity index is 183. The molecule has 0 bridgehead atoms. The van der Waals surface area contributed by atoms with Crippen molar-refractivity contribution in [3.8, 4) is 0 Å². The van der Waals surface area contributed by atoms with Crippen LogP contribution in [0.1, 0.15) is 33.1 Å². The van der Waals surface area contributed by atoms with Crippen LogP contribution in [0.3, 0.4) is 0 Å². The highest BCUT2D eigenvalue weighted by molar-refractivity contribution is 4.87. The number of nitrogens with zero attached hydrogens (tertiary/aromatic N) is 2. The van der Waals surface area contributed by atoms with Crippen molar-refractivity contribution in [3.05, 3.63) is 0 Å². The largest absolute Gasteiger partial charge is 0.330 e. The van der Waals surface area contributed by atoms with Gasteiger partial charge >= 0.3 is 0 Å². The van der Waals surface area contributed by atoms with Crippen molar-refractivity contribution in [2.24, 2.45) is 5.73 Å². The molecule has 0 amide bonds. The smallest absolute Gasteiger partial charge is 0.0165 e. The fourth-order valence-electron chi connectivity index (χ4n) is 2.41. The normalized spacial score (nSPS) is 21.2. The first kappa shape index (κ1) is 12.9. The molecule has 1 saturated heterocycles. The molecule has 0 aliphatic carbocycles. The molecular weight excluding hydrogens is 186 g/mol. The first-order valence-corrected chi connectivity index (χ1v) is 6.09. The summed E-state index contributed by atoms with van der Waals surface area (Å²) in [6, 6.07) is 0.739. The summed E-state index contributed by atoms with van der Waals surface area (Å²) in [4.78, 5) is 4.95. The van der Waals surface area contributed by atoms with Gasteiger partial charge in [-0.25, -0.2) is 0 Å². The van der Waals surface area contributed by atoms with Gasteiger partial charge in [-0.1, -0.05) is 0 Å². The second-order valence-electron chi connectivity index (χ2n) is 5.50. The van der Waals surface area contributed by atoms with Gasteiger partial charge in [0.15, 0.2) is 0 Å². The van der Waals surface area contributed by atoms with Gasteiger partial charge in [-0.2, -0.15) is 0 Å². The highest BCUT2D eigenvalue weighted by atomic mass is 15.2. The summed E-state index contributed by atoms with van der Waals surface area (Å²) in [6.07, 6.45) is 3.66. The molecule has 3 heteroatoms. The van der Waals surface area contributed by atoms with Crippen LogP contribution in [0, 0.1) is 0 Å². The van der Waals surface area contributed by atoms with Crippen molar-refractivity contribution in [1.29, 1.82) is 0 Å². The SMILES string of the molecule is CN1CCC(N(C)C(C)(C)CCN)CC1. The van der Waals surface area contributed by atoms with E-state index in [9.17, 15) is 0 Å². The summed E-state index contributed by atoms with van der Waals surface area (Å²) in [5.74, 6) is 0. The van der Waals surface area contributed by atoms with Crippen LogP contribution in [-0.2, 0) is 0 Å². The van der Waals surface area contributed by atoms with Crippen LogP contribution < -0.4 is 5.73 Å². The molecule has 15 heavy (non-hydrogen) atoms. The Morgan fingerprint density at radius 3 is 2.33 bits per heavy atom. The van der Waals surface area contributed by atoms with Crippen LogP contribution in [-0.4, -0.2) is 55.1 Å². The maximum atomic E-state index is 5.67. The molecular formula is C12H27N3. The third-order valence-electron chi connectivity index (χ3n) is 3.95. The molecule has 1 aliphatic heterocycles. The lowest BCUT2D eigenvalue weighted by atomic mass is 9.93. The van der Waals surface area contributed by atoms with Gasteiger partial charge in [-0.05, 0) is 66.8 Å². The zero-order valence-electron chi connectivity index (χ0n) is 10.8. The molecule has 0 atom stereocenters. The minimum Gasteiger partial charge on any atom is -0.330 e. The van der Waals surface area contributed by atoms with Crippen LogP contribution in [0.25, 0.3) is 0 Å². The van der Waals surface area contributed by atoms with E-state index >= 15 is 0 Å². The highest BCUT2D eigenvalue weighted by Crippen LogP contribution is 2.24. The van der Waals surface area contributed by atoms with Gasteiger partial charge in [0.2, 0.25) is 0 Å². The van der Waals surface area contributed by atoms with E-state index < -0.39 is 0 Å². The summed E-state index contributed by atoms with van der Waals surface area (Å²) in [7, 11) is 4.47. The number of rotatable bonds is 4. The highest BCUT2D eigenvalue weighted by Gasteiger charge is 2.30. The van der Waals surface area contributed by atoms with E-state index in [4.69, 9.17) is 5.73 Å². The van der Waals surface area contributed by atoms with Crippen LogP contribution in [0.15, 0.2) is 0 Å². The van der Waals surface area contributed by atoms with Gasteiger partial charge in [-0.3, -0.25) is 4.90 Å². The van der Waals surface area contributed by atoms with Gasteiger partial charge in [0.1, 0.15) is 0 Å². The van der Waals surface area contributed by atoms with E-state index in [1.54, 1.807) is 0 Å². The second-order valence-corrected chi connectivity index (χ2v) is 5.50. The molecule has 1 fully saturated rings. The number of nitrogens with two attached hydrogens (primary N) is 1. The molecule has 1 aliphatic rings. The van der Waals surface area contributed by atoms with E-state index in [2.05, 4.69) is 37.7 Å². The Hall–Kier alpha value is -0.120. The van der Waals surface area contributed by atoms with Crippen molar-refractivity contribution in [2.75, 3.05) is 33.7 Å². The predicted octanol–water partition coefficient (Wildman–Crippen LogP) is 1.14. The molecule has 0 unspecified atom stereocenters. The van der Waals surface area contributed by atoms with Gasteiger partial charge in [-0.15, -0.1) is 0 Å². The predicted molar refractivity (Wildman–Crippen MR) is 66.0 cm³/mol. The van der Waals surface area contributed by atoms with E-state index in [1.807, 2.05) is 0 Å². The van der Waals surface area contributed by atoms with Crippen LogP contribution in [0.2, 0.25) is 0 Å². The van der Waals surface area contributed by atoms with Crippen molar-refractivity contribution in [1.82, 2.24) is 9.80 Å². The van der Waals surface area contributed by atoms with Gasteiger partial charge in [0.25, 0.3) is 0 Å². The van der Waals surface area contributed by atoms with E-state index in [0.717, 1.165) is 19.0 Å². The fourth-order valence-corrected chi connectivity index (χ4v) is 2.41. The number of likely N-dealkylation sites (tertiary alicyclic amines) is 1. The Labute approximate surface area is 94.6 Å². The molecule has 3 nitrogen and oxygen atoms in total. The Morgan fingerprint density at radius 2 is 1.87 bits per heavy atom. The lowest BCUT2D eigenvalue weighted by Gasteiger charge is -2.44. The third-order valence-corrected chi connectivity index (χ3v) is 3.95. The van der Waals surface area contributed by atoms with Crippen molar-refractivity contribution < 1.29 is 0 Å². The molecule has 0 radical (unpaired) electrons. The van der Waals surface area contributed by atoms with Crippen LogP contribution in [0.5, 0.6) is 0 Å². The monoisotopic (exact) mass is 213 g/mol. The molecule has 90 valence electrons. The standard InChI is InChI=1S/C12H27N3/c1-12(2,7-8-13)15(4)11-5-9-14(3)10-6-11/h11H,5-10,13H2,1-4H3. The summed E-state index contributed by atoms with van der Waals surface area (Å²) >= 11 is 0. The molecule has 2 N–H and O–H groups in total. The number of hydrogen-bond donors (Lipinski definition) is 1. The number of piperidine rings is 1. The molecule has 1 heterocycles. The Kier molecular flexibility index (Phi) is 4.56. The Balaban J connectivity index is 2.48. The lowest BCUT2D eigenvalue weighted by molar-refractivity contribution is 0.0567. The minimum absolute atomic E-state index is 0.245. The molecule has 1 rings (SSSR count). The quantitative estimate of drug-likeness (QED) is 0.760. The summed E-state index contributed by atoms with van der Waals surface area (Å²) in [6.45, 7) is 7.85. The topological polar surface area (TPSA) is 32.5 Å². The maximum Gasteiger partial charge on any atom is 0.0165 e. The average Bonchev–Trinajstić information content (AvgIpc) is 2.18. The van der Waals surface area contributed by atoms with E-state index in [0.29, 0.717) is 0 Å².